The van der Waals surface area contributed by atoms with Crippen molar-refractivity contribution in [3.63, 3.8) is 0 Å². The number of hydrogen-bond acceptors (Lipinski definition) is 7. The third-order valence-corrected chi connectivity index (χ3v) is 7.15. The van der Waals surface area contributed by atoms with Crippen LogP contribution >= 0.6 is 23.1 Å². The van der Waals surface area contributed by atoms with Gasteiger partial charge in [-0.3, -0.25) is 4.57 Å². The van der Waals surface area contributed by atoms with Crippen LogP contribution in [-0.2, 0) is 23.6 Å². The van der Waals surface area contributed by atoms with Gasteiger partial charge in [0.15, 0.2) is 11.0 Å². The number of thioether (sulfide) groups is 1. The van der Waals surface area contributed by atoms with Crippen LogP contribution in [0.3, 0.4) is 0 Å². The molecule has 0 amide bonds. The number of benzene rings is 2. The van der Waals surface area contributed by atoms with Crippen molar-refractivity contribution >= 4 is 23.1 Å². The van der Waals surface area contributed by atoms with Crippen LogP contribution in [0.25, 0.3) is 11.4 Å². The zero-order valence-electron chi connectivity index (χ0n) is 17.9. The van der Waals surface area contributed by atoms with Crippen molar-refractivity contribution < 1.29 is 13.9 Å². The molecule has 0 saturated carbocycles. The quantitative estimate of drug-likeness (QED) is 0.290. The molecule has 2 aromatic heterocycles. The Morgan fingerprint density at radius 1 is 1.12 bits per heavy atom. The van der Waals surface area contributed by atoms with Gasteiger partial charge in [0.05, 0.1) is 18.3 Å². The first-order valence-electron chi connectivity index (χ1n) is 10.8. The minimum absolute atomic E-state index is 0.139. The molecule has 1 atom stereocenters. The highest BCUT2D eigenvalue weighted by atomic mass is 32.2. The van der Waals surface area contributed by atoms with Crippen LogP contribution in [0.15, 0.2) is 65.1 Å². The second kappa shape index (κ2) is 10.5. The van der Waals surface area contributed by atoms with Crippen molar-refractivity contribution in [2.24, 2.45) is 0 Å². The van der Waals surface area contributed by atoms with Crippen LogP contribution in [0.2, 0.25) is 0 Å². The van der Waals surface area contributed by atoms with Crippen LogP contribution in [0.1, 0.15) is 23.5 Å². The highest BCUT2D eigenvalue weighted by Crippen LogP contribution is 2.29. The number of nitrogens with zero attached hydrogens (tertiary/aromatic N) is 4. The zero-order chi connectivity index (χ0) is 22.5. The monoisotopic (exact) mass is 482 g/mol. The molecule has 3 heterocycles. The van der Waals surface area contributed by atoms with E-state index >= 15 is 0 Å². The van der Waals surface area contributed by atoms with Gasteiger partial charge in [-0.1, -0.05) is 30.0 Å². The third-order valence-electron chi connectivity index (χ3n) is 5.28. The van der Waals surface area contributed by atoms with E-state index in [9.17, 15) is 4.39 Å². The smallest absolute Gasteiger partial charge is 0.191 e. The molecule has 0 radical (unpaired) electrons. The van der Waals surface area contributed by atoms with E-state index in [0.29, 0.717) is 18.9 Å². The SMILES string of the molecule is Fc1ccc(-c2nnc(SCc3csc(COc4ccccc4)n3)n2CC2CCCO2)cc1. The average molecular weight is 483 g/mol. The molecule has 6 nitrogen and oxygen atoms in total. The Kier molecular flexibility index (Phi) is 6.99. The minimum Gasteiger partial charge on any atom is -0.486 e. The third kappa shape index (κ3) is 5.61. The summed E-state index contributed by atoms with van der Waals surface area (Å²) >= 11 is 3.18. The lowest BCUT2D eigenvalue weighted by Gasteiger charge is -2.14. The lowest BCUT2D eigenvalue weighted by molar-refractivity contribution is 0.0953. The molecule has 1 unspecified atom stereocenters. The molecule has 1 saturated heterocycles. The fraction of sp³-hybridized carbons (Fsp3) is 0.292. The Morgan fingerprint density at radius 3 is 2.76 bits per heavy atom. The summed E-state index contributed by atoms with van der Waals surface area (Å²) in [5.74, 6) is 1.96. The van der Waals surface area contributed by atoms with E-state index in [2.05, 4.69) is 20.1 Å². The van der Waals surface area contributed by atoms with Gasteiger partial charge in [-0.05, 0) is 49.2 Å². The van der Waals surface area contributed by atoms with Crippen LogP contribution < -0.4 is 4.74 Å². The van der Waals surface area contributed by atoms with Gasteiger partial charge in [0, 0.05) is 23.3 Å². The topological polar surface area (TPSA) is 62.1 Å². The van der Waals surface area contributed by atoms with Crippen LogP contribution in [0.5, 0.6) is 5.75 Å². The molecule has 1 aliphatic rings. The Balaban J connectivity index is 1.28. The van der Waals surface area contributed by atoms with Gasteiger partial charge in [-0.15, -0.1) is 21.5 Å². The minimum atomic E-state index is -0.269. The maximum absolute atomic E-state index is 13.4. The molecular weight excluding hydrogens is 459 g/mol. The van der Waals surface area contributed by atoms with Crippen molar-refractivity contribution in [1.82, 2.24) is 19.7 Å². The predicted molar refractivity (Wildman–Crippen MR) is 127 cm³/mol. The molecule has 33 heavy (non-hydrogen) atoms. The van der Waals surface area contributed by atoms with Gasteiger partial charge in [0.2, 0.25) is 0 Å². The van der Waals surface area contributed by atoms with E-state index in [4.69, 9.17) is 14.5 Å². The second-order valence-electron chi connectivity index (χ2n) is 7.68. The highest BCUT2D eigenvalue weighted by molar-refractivity contribution is 7.98. The van der Waals surface area contributed by atoms with Gasteiger partial charge in [0.25, 0.3) is 0 Å². The number of thiazole rings is 1. The zero-order valence-corrected chi connectivity index (χ0v) is 19.5. The van der Waals surface area contributed by atoms with Crippen molar-refractivity contribution in [3.8, 4) is 17.1 Å². The van der Waals surface area contributed by atoms with Gasteiger partial charge >= 0.3 is 0 Å². The number of ether oxygens (including phenoxy) is 2. The van der Waals surface area contributed by atoms with Crippen molar-refractivity contribution in [1.29, 1.82) is 0 Å². The van der Waals surface area contributed by atoms with Gasteiger partial charge in [0.1, 0.15) is 23.2 Å². The largest absolute Gasteiger partial charge is 0.486 e. The maximum Gasteiger partial charge on any atom is 0.191 e. The summed E-state index contributed by atoms with van der Waals surface area (Å²) in [5.41, 5.74) is 1.81. The summed E-state index contributed by atoms with van der Waals surface area (Å²) in [4.78, 5) is 4.70. The van der Waals surface area contributed by atoms with Gasteiger partial charge in [-0.2, -0.15) is 0 Å². The summed E-state index contributed by atoms with van der Waals surface area (Å²) in [5, 5.41) is 12.6. The lowest BCUT2D eigenvalue weighted by atomic mass is 10.2. The molecule has 1 aliphatic heterocycles. The first-order valence-corrected chi connectivity index (χ1v) is 12.7. The Labute approximate surface area is 199 Å². The Hall–Kier alpha value is -2.75. The number of hydrogen-bond donors (Lipinski definition) is 0. The van der Waals surface area contributed by atoms with E-state index in [1.54, 1.807) is 35.2 Å². The number of rotatable bonds is 9. The van der Waals surface area contributed by atoms with Gasteiger partial charge in [-0.25, -0.2) is 9.37 Å². The second-order valence-corrected chi connectivity index (χ2v) is 9.57. The van der Waals surface area contributed by atoms with E-state index in [1.165, 1.54) is 12.1 Å². The molecule has 0 bridgehead atoms. The maximum atomic E-state index is 13.4. The van der Waals surface area contributed by atoms with E-state index in [-0.39, 0.29) is 11.9 Å². The number of halogens is 1. The Bertz CT molecular complexity index is 1170. The van der Waals surface area contributed by atoms with E-state index in [0.717, 1.165) is 52.4 Å². The molecule has 170 valence electrons. The summed E-state index contributed by atoms with van der Waals surface area (Å²) in [6.07, 6.45) is 2.22. The predicted octanol–water partition coefficient (Wildman–Crippen LogP) is 5.59. The molecule has 0 N–H and O–H groups in total. The van der Waals surface area contributed by atoms with Crippen molar-refractivity contribution in [2.45, 2.75) is 43.0 Å². The fourth-order valence-electron chi connectivity index (χ4n) is 3.65. The number of aromatic nitrogens is 4. The molecule has 1 fully saturated rings. The van der Waals surface area contributed by atoms with Crippen molar-refractivity contribution in [3.05, 3.63) is 76.5 Å². The van der Waals surface area contributed by atoms with Crippen LogP contribution in [0, 0.1) is 5.82 Å². The molecule has 2 aromatic carbocycles. The lowest BCUT2D eigenvalue weighted by Crippen LogP contribution is -2.16. The first-order chi connectivity index (χ1) is 16.2. The average Bonchev–Trinajstić information content (AvgIpc) is 3.60. The molecule has 9 heteroatoms. The van der Waals surface area contributed by atoms with Gasteiger partial charge < -0.3 is 9.47 Å². The van der Waals surface area contributed by atoms with Crippen LogP contribution in [-0.4, -0.2) is 32.5 Å². The fourth-order valence-corrected chi connectivity index (χ4v) is 5.30. The molecule has 5 rings (SSSR count). The summed E-state index contributed by atoms with van der Waals surface area (Å²) < 4.78 is 27.1. The van der Waals surface area contributed by atoms with Crippen molar-refractivity contribution in [2.75, 3.05) is 6.61 Å². The first kappa shape index (κ1) is 22.1. The highest BCUT2D eigenvalue weighted by Gasteiger charge is 2.22. The number of para-hydroxylation sites is 1. The summed E-state index contributed by atoms with van der Waals surface area (Å²) in [6.45, 7) is 1.91. The van der Waals surface area contributed by atoms with Crippen LogP contribution in [0.4, 0.5) is 4.39 Å². The normalized spacial score (nSPS) is 15.7. The molecule has 0 aliphatic carbocycles. The van der Waals surface area contributed by atoms with E-state index in [1.807, 2.05) is 30.3 Å². The summed E-state index contributed by atoms with van der Waals surface area (Å²) in [7, 11) is 0. The Morgan fingerprint density at radius 2 is 1.97 bits per heavy atom. The standard InChI is InChI=1S/C24H23FN4O2S2/c25-18-10-8-17(9-11-18)23-27-28-24(29(23)13-21-7-4-12-30-21)33-16-19-15-32-22(26-19)14-31-20-5-2-1-3-6-20/h1-3,5-6,8-11,15,21H,4,7,12-14,16H2. The summed E-state index contributed by atoms with van der Waals surface area (Å²) in [6, 6.07) is 16.1. The molecular formula is C24H23FN4O2S2. The molecule has 0 spiro atoms. The molecule has 4 aromatic rings. The van der Waals surface area contributed by atoms with E-state index < -0.39 is 0 Å².